The molecule has 1 unspecified atom stereocenters. The Bertz CT molecular complexity index is 514. The van der Waals surface area contributed by atoms with Crippen LogP contribution in [0.2, 0.25) is 0 Å². The summed E-state index contributed by atoms with van der Waals surface area (Å²) in [5, 5.41) is 0. The number of carbonyl (C=O) groups is 2. The number of rotatable bonds is 27. The Morgan fingerprint density at radius 3 is 1.27 bits per heavy atom. The van der Waals surface area contributed by atoms with Crippen molar-refractivity contribution in [1.29, 1.82) is 0 Å². The van der Waals surface area contributed by atoms with E-state index in [2.05, 4.69) is 34.6 Å². The van der Waals surface area contributed by atoms with E-state index in [0.717, 1.165) is 44.9 Å². The van der Waals surface area contributed by atoms with E-state index in [1.165, 1.54) is 77.0 Å². The van der Waals surface area contributed by atoms with E-state index < -0.39 is 0 Å². The molecule has 0 N–H and O–H groups in total. The zero-order chi connectivity index (χ0) is 27.6. The van der Waals surface area contributed by atoms with Gasteiger partial charge in [0.25, 0.3) is 0 Å². The molecule has 0 aromatic carbocycles. The largest absolute Gasteiger partial charge is 0.466 e. The van der Waals surface area contributed by atoms with Gasteiger partial charge < -0.3 is 9.47 Å². The van der Waals surface area contributed by atoms with Gasteiger partial charge in [0.2, 0.25) is 0 Å². The van der Waals surface area contributed by atoms with E-state index in [0.29, 0.717) is 43.8 Å². The fourth-order valence-corrected chi connectivity index (χ4v) is 4.76. The van der Waals surface area contributed by atoms with Crippen LogP contribution in [0.15, 0.2) is 0 Å². The van der Waals surface area contributed by atoms with E-state index in [1.807, 2.05) is 0 Å². The first-order valence-corrected chi connectivity index (χ1v) is 16.1. The minimum atomic E-state index is -0.0129. The Kier molecular flexibility index (Phi) is 25.8. The molecule has 0 aromatic rings. The Hall–Kier alpha value is -1.06. The van der Waals surface area contributed by atoms with Crippen LogP contribution in [0.25, 0.3) is 0 Å². The maximum absolute atomic E-state index is 11.9. The first-order valence-electron chi connectivity index (χ1n) is 16.1. The minimum absolute atomic E-state index is 0.0110. The van der Waals surface area contributed by atoms with Crippen LogP contribution in [-0.2, 0) is 19.1 Å². The van der Waals surface area contributed by atoms with Gasteiger partial charge in [-0.15, -0.1) is 0 Å². The third-order valence-corrected chi connectivity index (χ3v) is 7.22. The van der Waals surface area contributed by atoms with E-state index in [-0.39, 0.29) is 11.9 Å². The molecule has 0 aliphatic heterocycles. The van der Waals surface area contributed by atoms with E-state index in [9.17, 15) is 9.59 Å². The lowest BCUT2D eigenvalue weighted by atomic mass is 9.98. The highest BCUT2D eigenvalue weighted by Gasteiger charge is 2.10. The predicted octanol–water partition coefficient (Wildman–Crippen LogP) is 10.2. The number of hydrogen-bond acceptors (Lipinski definition) is 4. The molecular formula is C33H64O4. The molecule has 0 saturated heterocycles. The summed E-state index contributed by atoms with van der Waals surface area (Å²) in [7, 11) is 0. The molecule has 4 heteroatoms. The van der Waals surface area contributed by atoms with Crippen LogP contribution < -0.4 is 0 Å². The molecular weight excluding hydrogens is 460 g/mol. The van der Waals surface area contributed by atoms with Crippen LogP contribution in [0.4, 0.5) is 0 Å². The molecule has 0 radical (unpaired) electrons. The maximum Gasteiger partial charge on any atom is 0.306 e. The maximum atomic E-state index is 11.9. The number of esters is 2. The van der Waals surface area contributed by atoms with Gasteiger partial charge in [0.15, 0.2) is 0 Å². The van der Waals surface area contributed by atoms with Crippen LogP contribution in [0.3, 0.4) is 0 Å². The molecule has 0 fully saturated rings. The number of unbranched alkanes of at least 4 members (excludes halogenated alkanes) is 13. The van der Waals surface area contributed by atoms with Crippen molar-refractivity contribution in [2.75, 3.05) is 13.2 Å². The second-order valence-electron chi connectivity index (χ2n) is 12.3. The van der Waals surface area contributed by atoms with Crippen LogP contribution in [-0.4, -0.2) is 25.2 Å². The van der Waals surface area contributed by atoms with Crippen molar-refractivity contribution in [1.82, 2.24) is 0 Å². The van der Waals surface area contributed by atoms with Crippen LogP contribution in [0.5, 0.6) is 0 Å². The Morgan fingerprint density at radius 2 is 0.838 bits per heavy atom. The smallest absolute Gasteiger partial charge is 0.306 e. The quantitative estimate of drug-likeness (QED) is 0.0792. The SMILES string of the molecule is CC(C)CCCOC(=O)CCCCCCCCCCCCCCCCC(C)CC(=O)OCCCC(C)C. The molecule has 0 spiro atoms. The molecule has 0 aliphatic carbocycles. The molecule has 0 aliphatic rings. The van der Waals surface area contributed by atoms with Crippen molar-refractivity contribution in [3.8, 4) is 0 Å². The standard InChI is InChI=1S/C33H64O4/c1-29(2)22-20-26-36-32(34)25-19-17-15-13-11-9-7-6-8-10-12-14-16-18-24-31(5)28-33(35)37-27-21-23-30(3)4/h29-31H,6-28H2,1-5H3. The monoisotopic (exact) mass is 524 g/mol. The molecule has 0 heterocycles. The van der Waals surface area contributed by atoms with Crippen molar-refractivity contribution >= 4 is 11.9 Å². The Morgan fingerprint density at radius 1 is 0.459 bits per heavy atom. The summed E-state index contributed by atoms with van der Waals surface area (Å²) in [6.07, 6.45) is 24.6. The normalized spacial score (nSPS) is 12.3. The predicted molar refractivity (Wildman–Crippen MR) is 158 cm³/mol. The summed E-state index contributed by atoms with van der Waals surface area (Å²) in [5.74, 6) is 1.78. The van der Waals surface area contributed by atoms with Crippen molar-refractivity contribution in [3.63, 3.8) is 0 Å². The Balaban J connectivity index is 3.29. The van der Waals surface area contributed by atoms with Gasteiger partial charge in [-0.2, -0.15) is 0 Å². The third kappa shape index (κ3) is 29.4. The fraction of sp³-hybridized carbons (Fsp3) is 0.939. The highest BCUT2D eigenvalue weighted by molar-refractivity contribution is 5.69. The second-order valence-corrected chi connectivity index (χ2v) is 12.3. The molecule has 0 rings (SSSR count). The van der Waals surface area contributed by atoms with Crippen LogP contribution >= 0.6 is 0 Å². The highest BCUT2D eigenvalue weighted by Crippen LogP contribution is 2.17. The number of ether oxygens (including phenoxy) is 2. The van der Waals surface area contributed by atoms with Crippen molar-refractivity contribution in [2.45, 2.75) is 169 Å². The molecule has 1 atom stereocenters. The summed E-state index contributed by atoms with van der Waals surface area (Å²) < 4.78 is 10.7. The summed E-state index contributed by atoms with van der Waals surface area (Å²) >= 11 is 0. The first kappa shape index (κ1) is 35.9. The van der Waals surface area contributed by atoms with Gasteiger partial charge in [0.1, 0.15) is 0 Å². The van der Waals surface area contributed by atoms with Gasteiger partial charge in [-0.3, -0.25) is 9.59 Å². The molecule has 0 bridgehead atoms. The molecule has 37 heavy (non-hydrogen) atoms. The van der Waals surface area contributed by atoms with Gasteiger partial charge in [0.05, 0.1) is 13.2 Å². The molecule has 4 nitrogen and oxygen atoms in total. The molecule has 0 aromatic heterocycles. The van der Waals surface area contributed by atoms with Crippen molar-refractivity contribution in [3.05, 3.63) is 0 Å². The van der Waals surface area contributed by atoms with Crippen LogP contribution in [0, 0.1) is 17.8 Å². The first-order chi connectivity index (χ1) is 17.8. The Labute approximate surface area is 231 Å². The van der Waals surface area contributed by atoms with Crippen molar-refractivity contribution < 1.29 is 19.1 Å². The zero-order valence-electron chi connectivity index (χ0n) is 25.6. The van der Waals surface area contributed by atoms with Crippen molar-refractivity contribution in [2.24, 2.45) is 17.8 Å². The lowest BCUT2D eigenvalue weighted by molar-refractivity contribution is -0.145. The lowest BCUT2D eigenvalue weighted by Crippen LogP contribution is -2.11. The third-order valence-electron chi connectivity index (χ3n) is 7.22. The van der Waals surface area contributed by atoms with Gasteiger partial charge in [-0.05, 0) is 49.9 Å². The fourth-order valence-electron chi connectivity index (χ4n) is 4.76. The number of hydrogen-bond donors (Lipinski definition) is 0. The molecule has 0 saturated carbocycles. The van der Waals surface area contributed by atoms with E-state index >= 15 is 0 Å². The summed E-state index contributed by atoms with van der Waals surface area (Å²) in [5.41, 5.74) is 0. The minimum Gasteiger partial charge on any atom is -0.466 e. The average molecular weight is 525 g/mol. The highest BCUT2D eigenvalue weighted by atomic mass is 16.5. The summed E-state index contributed by atoms with van der Waals surface area (Å²) in [6.45, 7) is 12.2. The van der Waals surface area contributed by atoms with Gasteiger partial charge in [0, 0.05) is 12.8 Å². The lowest BCUT2D eigenvalue weighted by Gasteiger charge is -2.11. The summed E-state index contributed by atoms with van der Waals surface area (Å²) in [4.78, 5) is 23.6. The van der Waals surface area contributed by atoms with Gasteiger partial charge >= 0.3 is 11.9 Å². The van der Waals surface area contributed by atoms with Gasteiger partial charge in [-0.1, -0.05) is 125 Å². The average Bonchev–Trinajstić information content (AvgIpc) is 2.84. The second kappa shape index (κ2) is 26.5. The van der Waals surface area contributed by atoms with E-state index in [4.69, 9.17) is 9.47 Å². The van der Waals surface area contributed by atoms with Gasteiger partial charge in [-0.25, -0.2) is 0 Å². The summed E-state index contributed by atoms with van der Waals surface area (Å²) in [6, 6.07) is 0. The number of carbonyl (C=O) groups excluding carboxylic acids is 2. The molecule has 220 valence electrons. The topological polar surface area (TPSA) is 52.6 Å². The zero-order valence-corrected chi connectivity index (χ0v) is 25.6. The van der Waals surface area contributed by atoms with E-state index in [1.54, 1.807) is 0 Å². The molecule has 0 amide bonds. The van der Waals surface area contributed by atoms with Crippen LogP contribution in [0.1, 0.15) is 169 Å².